The van der Waals surface area contributed by atoms with E-state index in [2.05, 4.69) is 22.0 Å². The van der Waals surface area contributed by atoms with E-state index in [1.54, 1.807) is 23.1 Å². The van der Waals surface area contributed by atoms with Crippen LogP contribution in [-0.4, -0.2) is 28.6 Å². The van der Waals surface area contributed by atoms with Gasteiger partial charge in [-0.3, -0.25) is 0 Å². The van der Waals surface area contributed by atoms with E-state index in [1.165, 1.54) is 7.11 Å². The molecule has 1 N–H and O–H groups in total. The molecule has 1 aliphatic heterocycles. The summed E-state index contributed by atoms with van der Waals surface area (Å²) in [5, 5.41) is 3.33. The lowest BCUT2D eigenvalue weighted by atomic mass is 10.00. The molecule has 2 heterocycles. The van der Waals surface area contributed by atoms with Crippen LogP contribution < -0.4 is 5.32 Å². The third kappa shape index (κ3) is 4.29. The summed E-state index contributed by atoms with van der Waals surface area (Å²) in [6.45, 7) is 2.41. The number of carbonyl (C=O) groups is 2. The number of amides is 2. The minimum absolute atomic E-state index is 0.232. The minimum Gasteiger partial charge on any atom is -0.465 e. The van der Waals surface area contributed by atoms with Crippen molar-refractivity contribution < 1.29 is 14.3 Å². The lowest BCUT2D eigenvalue weighted by Crippen LogP contribution is -2.38. The Morgan fingerprint density at radius 3 is 2.63 bits per heavy atom. The first-order valence-corrected chi connectivity index (χ1v) is 11.6. The SMILES string of the molecule is COC(=O)c1ccc(Cl)cc1NC(=O)N1Cc2ccccc2-n2cccc2[C@@H]1c1cccc(C)c1. The molecule has 2 amide bonds. The van der Waals surface area contributed by atoms with Gasteiger partial charge >= 0.3 is 12.0 Å². The predicted molar refractivity (Wildman–Crippen MR) is 136 cm³/mol. The van der Waals surface area contributed by atoms with Gasteiger partial charge < -0.3 is 19.5 Å². The molecular weight excluding hydrogens is 462 g/mol. The van der Waals surface area contributed by atoms with Gasteiger partial charge in [0.2, 0.25) is 0 Å². The number of halogens is 1. The maximum atomic E-state index is 13.9. The minimum atomic E-state index is -0.553. The molecule has 0 saturated heterocycles. The van der Waals surface area contributed by atoms with Gasteiger partial charge in [0.05, 0.1) is 36.6 Å². The molecule has 1 atom stereocenters. The van der Waals surface area contributed by atoms with Crippen molar-refractivity contribution in [3.8, 4) is 5.69 Å². The van der Waals surface area contributed by atoms with E-state index in [-0.39, 0.29) is 17.6 Å². The van der Waals surface area contributed by atoms with Gasteiger partial charge in [0, 0.05) is 16.9 Å². The Morgan fingerprint density at radius 1 is 1.00 bits per heavy atom. The van der Waals surface area contributed by atoms with Crippen LogP contribution in [0.5, 0.6) is 0 Å². The number of esters is 1. The fourth-order valence-electron chi connectivity index (χ4n) is 4.63. The number of aryl methyl sites for hydroxylation is 1. The van der Waals surface area contributed by atoms with Crippen LogP contribution >= 0.6 is 11.6 Å². The average molecular weight is 486 g/mol. The number of aromatic nitrogens is 1. The van der Waals surface area contributed by atoms with Gasteiger partial charge in [-0.05, 0) is 54.4 Å². The van der Waals surface area contributed by atoms with E-state index in [1.807, 2.05) is 61.7 Å². The molecule has 0 spiro atoms. The number of hydrogen-bond donors (Lipinski definition) is 1. The van der Waals surface area contributed by atoms with Crippen LogP contribution in [0.1, 0.15) is 38.8 Å². The molecule has 35 heavy (non-hydrogen) atoms. The summed E-state index contributed by atoms with van der Waals surface area (Å²) in [6.07, 6.45) is 2.02. The molecule has 7 heteroatoms. The van der Waals surface area contributed by atoms with Crippen molar-refractivity contribution in [2.75, 3.05) is 12.4 Å². The number of anilines is 1. The van der Waals surface area contributed by atoms with E-state index in [4.69, 9.17) is 16.3 Å². The van der Waals surface area contributed by atoms with E-state index in [0.717, 1.165) is 28.1 Å². The summed E-state index contributed by atoms with van der Waals surface area (Å²) in [4.78, 5) is 28.0. The molecule has 1 aromatic heterocycles. The number of methoxy groups -OCH3 is 1. The Kier molecular flexibility index (Phi) is 6.05. The summed E-state index contributed by atoms with van der Waals surface area (Å²) < 4.78 is 7.03. The fraction of sp³-hybridized carbons (Fsp3) is 0.143. The zero-order valence-corrected chi connectivity index (χ0v) is 20.1. The van der Waals surface area contributed by atoms with Crippen molar-refractivity contribution in [3.63, 3.8) is 0 Å². The summed E-state index contributed by atoms with van der Waals surface area (Å²) in [7, 11) is 1.30. The first-order valence-electron chi connectivity index (χ1n) is 11.2. The maximum Gasteiger partial charge on any atom is 0.339 e. The number of fused-ring (bicyclic) bond motifs is 3. The van der Waals surface area contributed by atoms with Crippen molar-refractivity contribution in [1.82, 2.24) is 9.47 Å². The van der Waals surface area contributed by atoms with Crippen LogP contribution in [0.25, 0.3) is 5.69 Å². The highest BCUT2D eigenvalue weighted by atomic mass is 35.5. The lowest BCUT2D eigenvalue weighted by molar-refractivity contribution is 0.0602. The van der Waals surface area contributed by atoms with E-state index in [0.29, 0.717) is 17.3 Å². The number of benzene rings is 3. The molecule has 176 valence electrons. The zero-order chi connectivity index (χ0) is 24.5. The van der Waals surface area contributed by atoms with Gasteiger partial charge in [0.1, 0.15) is 0 Å². The maximum absolute atomic E-state index is 13.9. The van der Waals surface area contributed by atoms with Crippen LogP contribution in [-0.2, 0) is 11.3 Å². The highest BCUT2D eigenvalue weighted by molar-refractivity contribution is 6.31. The van der Waals surface area contributed by atoms with Gasteiger partial charge in [-0.1, -0.05) is 59.6 Å². The van der Waals surface area contributed by atoms with Crippen molar-refractivity contribution in [2.45, 2.75) is 19.5 Å². The second kappa shape index (κ2) is 9.31. The molecule has 4 aromatic rings. The fourth-order valence-corrected chi connectivity index (χ4v) is 4.80. The number of urea groups is 1. The monoisotopic (exact) mass is 485 g/mol. The molecule has 3 aromatic carbocycles. The molecule has 1 aliphatic rings. The number of nitrogens with one attached hydrogen (secondary N) is 1. The molecule has 0 saturated carbocycles. The second-order valence-electron chi connectivity index (χ2n) is 8.49. The Balaban J connectivity index is 1.63. The van der Waals surface area contributed by atoms with Gasteiger partial charge in [0.15, 0.2) is 0 Å². The summed E-state index contributed by atoms with van der Waals surface area (Å²) in [5.74, 6) is -0.553. The highest BCUT2D eigenvalue weighted by Gasteiger charge is 2.33. The smallest absolute Gasteiger partial charge is 0.339 e. The first-order chi connectivity index (χ1) is 17.0. The van der Waals surface area contributed by atoms with Gasteiger partial charge in [-0.15, -0.1) is 0 Å². The number of ether oxygens (including phenoxy) is 1. The van der Waals surface area contributed by atoms with Crippen molar-refractivity contribution >= 4 is 29.3 Å². The quantitative estimate of drug-likeness (QED) is 0.343. The van der Waals surface area contributed by atoms with Crippen molar-refractivity contribution in [2.24, 2.45) is 0 Å². The normalized spacial score (nSPS) is 14.5. The van der Waals surface area contributed by atoms with Crippen molar-refractivity contribution in [3.05, 3.63) is 118 Å². The van der Waals surface area contributed by atoms with Gasteiger partial charge in [0.25, 0.3) is 0 Å². The molecule has 0 radical (unpaired) electrons. The number of rotatable bonds is 3. The summed E-state index contributed by atoms with van der Waals surface area (Å²) in [6, 6.07) is 24.2. The molecular formula is C28H24ClN3O3. The van der Waals surface area contributed by atoms with Crippen LogP contribution in [0.3, 0.4) is 0 Å². The number of para-hydroxylation sites is 1. The Labute approximate surface area is 208 Å². The lowest BCUT2D eigenvalue weighted by Gasteiger charge is -2.31. The third-order valence-corrected chi connectivity index (χ3v) is 6.45. The number of nitrogens with zero attached hydrogens (tertiary/aromatic N) is 2. The van der Waals surface area contributed by atoms with E-state index in [9.17, 15) is 9.59 Å². The molecule has 0 aliphatic carbocycles. The Hall–Kier alpha value is -4.03. The van der Waals surface area contributed by atoms with E-state index < -0.39 is 5.97 Å². The summed E-state index contributed by atoms with van der Waals surface area (Å²) >= 11 is 6.20. The zero-order valence-electron chi connectivity index (χ0n) is 19.4. The van der Waals surface area contributed by atoms with Crippen LogP contribution in [0.2, 0.25) is 5.02 Å². The van der Waals surface area contributed by atoms with Crippen LogP contribution in [0.4, 0.5) is 10.5 Å². The molecule has 0 bridgehead atoms. The topological polar surface area (TPSA) is 63.6 Å². The van der Waals surface area contributed by atoms with Gasteiger partial charge in [-0.25, -0.2) is 9.59 Å². The number of hydrogen-bond acceptors (Lipinski definition) is 3. The largest absolute Gasteiger partial charge is 0.465 e. The average Bonchev–Trinajstić information content (AvgIpc) is 3.27. The molecule has 5 rings (SSSR count). The molecule has 6 nitrogen and oxygen atoms in total. The number of carbonyl (C=O) groups excluding carboxylic acids is 2. The third-order valence-electron chi connectivity index (χ3n) is 6.21. The Bertz CT molecular complexity index is 1430. The second-order valence-corrected chi connectivity index (χ2v) is 8.92. The molecule has 0 fully saturated rings. The van der Waals surface area contributed by atoms with Crippen LogP contribution in [0.15, 0.2) is 85.1 Å². The summed E-state index contributed by atoms with van der Waals surface area (Å²) in [5.41, 5.74) is 5.63. The van der Waals surface area contributed by atoms with Crippen molar-refractivity contribution in [1.29, 1.82) is 0 Å². The van der Waals surface area contributed by atoms with Gasteiger partial charge in [-0.2, -0.15) is 0 Å². The Morgan fingerprint density at radius 2 is 1.83 bits per heavy atom. The highest BCUT2D eigenvalue weighted by Crippen LogP contribution is 2.37. The molecule has 0 unspecified atom stereocenters. The predicted octanol–water partition coefficient (Wildman–Crippen LogP) is 6.36. The van der Waals surface area contributed by atoms with Crippen LogP contribution in [0, 0.1) is 6.92 Å². The first kappa shape index (κ1) is 22.7. The van der Waals surface area contributed by atoms with E-state index >= 15 is 0 Å². The standard InChI is InChI=1S/C28H24ClN3O3/c1-18-7-5-9-19(15-18)26-25-11-6-14-31(25)24-10-4-3-8-20(24)17-32(26)28(34)30-23-16-21(29)12-13-22(23)27(33)35-2/h3-16,26H,17H2,1-2H3,(H,30,34)/t26-/m0/s1.